The van der Waals surface area contributed by atoms with Crippen LogP contribution in [0.25, 0.3) is 0 Å². The fourth-order valence-corrected chi connectivity index (χ4v) is 2.82. The largest absolute Gasteiger partial charge is 0.462 e. The maximum absolute atomic E-state index is 12.0. The molecule has 24 heavy (non-hydrogen) atoms. The number of nitrogens with zero attached hydrogens (tertiary/aromatic N) is 1. The number of hydroxylamine groups is 2. The van der Waals surface area contributed by atoms with Crippen molar-refractivity contribution >= 4 is 27.9 Å². The van der Waals surface area contributed by atoms with Gasteiger partial charge in [-0.2, -0.15) is 8.42 Å². The van der Waals surface area contributed by atoms with Gasteiger partial charge in [0.05, 0.1) is 23.5 Å². The number of imide groups is 1. The molecule has 9 heteroatoms. The van der Waals surface area contributed by atoms with Crippen LogP contribution >= 0.6 is 0 Å². The summed E-state index contributed by atoms with van der Waals surface area (Å²) < 4.78 is 33.1. The van der Waals surface area contributed by atoms with Crippen LogP contribution in [0.2, 0.25) is 0 Å². The second kappa shape index (κ2) is 6.93. The predicted molar refractivity (Wildman–Crippen MR) is 82.2 cm³/mol. The van der Waals surface area contributed by atoms with Crippen molar-refractivity contribution in [1.82, 2.24) is 5.06 Å². The van der Waals surface area contributed by atoms with E-state index in [0.717, 1.165) is 0 Å². The number of esters is 1. The summed E-state index contributed by atoms with van der Waals surface area (Å²) in [7, 11) is -4.20. The molecular formula is C15H15NO7S. The molecule has 0 radical (unpaired) electrons. The van der Waals surface area contributed by atoms with E-state index in [1.807, 2.05) is 0 Å². The minimum absolute atomic E-state index is 0.0511. The van der Waals surface area contributed by atoms with Crippen molar-refractivity contribution in [1.29, 1.82) is 0 Å². The first-order valence-corrected chi connectivity index (χ1v) is 8.53. The lowest BCUT2D eigenvalue weighted by Crippen LogP contribution is -2.33. The molecule has 0 aromatic heterocycles. The molecule has 0 N–H and O–H groups in total. The average Bonchev–Trinajstić information content (AvgIpc) is 2.76. The van der Waals surface area contributed by atoms with Crippen LogP contribution < -0.4 is 0 Å². The predicted octanol–water partition coefficient (Wildman–Crippen LogP) is 1.05. The van der Waals surface area contributed by atoms with Gasteiger partial charge >= 0.3 is 5.97 Å². The number of ether oxygens (including phenoxy) is 1. The van der Waals surface area contributed by atoms with Crippen LogP contribution in [-0.4, -0.2) is 43.6 Å². The summed E-state index contributed by atoms with van der Waals surface area (Å²) in [6.45, 7) is 4.69. The Balaban J connectivity index is 1.93. The third kappa shape index (κ3) is 3.87. The Bertz CT molecular complexity index is 778. The maximum Gasteiger partial charge on any atom is 0.333 e. The Morgan fingerprint density at radius 2 is 1.71 bits per heavy atom. The molecular weight excluding hydrogens is 338 g/mol. The van der Waals surface area contributed by atoms with Crippen molar-refractivity contribution in [3.63, 3.8) is 0 Å². The molecule has 2 amide bonds. The van der Waals surface area contributed by atoms with Crippen molar-refractivity contribution in [3.05, 3.63) is 47.5 Å². The number of hydrogen-bond donors (Lipinski definition) is 0. The van der Waals surface area contributed by atoms with E-state index in [4.69, 9.17) is 4.74 Å². The minimum atomic E-state index is -4.20. The number of hydrogen-bond acceptors (Lipinski definition) is 7. The van der Waals surface area contributed by atoms with E-state index in [1.54, 1.807) is 12.1 Å². The fraction of sp³-hybridized carbons (Fsp3) is 0.267. The molecule has 1 heterocycles. The summed E-state index contributed by atoms with van der Waals surface area (Å²) >= 11 is 0. The normalized spacial score (nSPS) is 13.8. The number of rotatable bonds is 7. The molecule has 0 fully saturated rings. The Morgan fingerprint density at radius 3 is 2.21 bits per heavy atom. The van der Waals surface area contributed by atoms with E-state index in [-0.39, 0.29) is 34.8 Å². The van der Waals surface area contributed by atoms with Crippen LogP contribution in [0.4, 0.5) is 0 Å². The van der Waals surface area contributed by atoms with Gasteiger partial charge in [-0.3, -0.25) is 9.59 Å². The molecule has 1 aromatic rings. The highest BCUT2D eigenvalue weighted by atomic mass is 32.2. The topological polar surface area (TPSA) is 107 Å². The van der Waals surface area contributed by atoms with Crippen LogP contribution in [0.1, 0.15) is 34.1 Å². The van der Waals surface area contributed by atoms with Gasteiger partial charge in [-0.05, 0) is 25.5 Å². The van der Waals surface area contributed by atoms with Gasteiger partial charge in [0.25, 0.3) is 21.9 Å². The number of carbonyl (C=O) groups is 3. The molecule has 0 spiro atoms. The van der Waals surface area contributed by atoms with Crippen LogP contribution in [-0.2, 0) is 23.9 Å². The zero-order valence-corrected chi connectivity index (χ0v) is 13.7. The van der Waals surface area contributed by atoms with Crippen LogP contribution in [0.5, 0.6) is 0 Å². The molecule has 0 bridgehead atoms. The standard InChI is InChI=1S/C15H15NO7S/c1-10(2)15(19)22-8-5-9-24(20,21)23-16-13(17)11-6-3-4-7-12(11)14(16)18/h3-4,6-7H,1,5,8-9H2,2H3. The van der Waals surface area contributed by atoms with Crippen molar-refractivity contribution in [2.24, 2.45) is 0 Å². The van der Waals surface area contributed by atoms with Gasteiger partial charge in [0.2, 0.25) is 0 Å². The summed E-state index contributed by atoms with van der Waals surface area (Å²) in [4.78, 5) is 35.2. The van der Waals surface area contributed by atoms with Gasteiger partial charge in [0.15, 0.2) is 0 Å². The number of amides is 2. The van der Waals surface area contributed by atoms with Crippen LogP contribution in [0.3, 0.4) is 0 Å². The molecule has 1 aromatic carbocycles. The third-order valence-electron chi connectivity index (χ3n) is 3.07. The number of fused-ring (bicyclic) bond motifs is 1. The van der Waals surface area contributed by atoms with Crippen LogP contribution in [0.15, 0.2) is 36.4 Å². The first kappa shape index (κ1) is 17.8. The molecule has 2 rings (SSSR count). The average molecular weight is 353 g/mol. The molecule has 0 saturated carbocycles. The Kier molecular flexibility index (Phi) is 5.15. The molecule has 8 nitrogen and oxygen atoms in total. The van der Waals surface area contributed by atoms with E-state index in [0.29, 0.717) is 0 Å². The number of carbonyl (C=O) groups excluding carboxylic acids is 3. The lowest BCUT2D eigenvalue weighted by atomic mass is 10.1. The van der Waals surface area contributed by atoms with E-state index >= 15 is 0 Å². The zero-order valence-electron chi connectivity index (χ0n) is 12.9. The smallest absolute Gasteiger partial charge is 0.333 e. The Labute approximate surface area is 138 Å². The van der Waals surface area contributed by atoms with Gasteiger partial charge in [-0.1, -0.05) is 18.7 Å². The van der Waals surface area contributed by atoms with Crippen molar-refractivity contribution in [3.8, 4) is 0 Å². The van der Waals surface area contributed by atoms with Gasteiger partial charge in [-0.25, -0.2) is 4.79 Å². The Hall–Kier alpha value is -2.52. The highest BCUT2D eigenvalue weighted by molar-refractivity contribution is 7.86. The summed E-state index contributed by atoms with van der Waals surface area (Å²) in [6, 6.07) is 5.92. The van der Waals surface area contributed by atoms with Crippen LogP contribution in [0, 0.1) is 0 Å². The summed E-state index contributed by atoms with van der Waals surface area (Å²) in [5.74, 6) is -2.83. The fourth-order valence-electron chi connectivity index (χ4n) is 1.91. The lowest BCUT2D eigenvalue weighted by Gasteiger charge is -2.12. The maximum atomic E-state index is 12.0. The monoisotopic (exact) mass is 353 g/mol. The quantitative estimate of drug-likeness (QED) is 0.312. The highest BCUT2D eigenvalue weighted by Gasteiger charge is 2.39. The lowest BCUT2D eigenvalue weighted by molar-refractivity contribution is -0.138. The van der Waals surface area contributed by atoms with Gasteiger partial charge in [-0.15, -0.1) is 9.35 Å². The SMILES string of the molecule is C=C(C)C(=O)OCCCS(=O)(=O)ON1C(=O)c2ccccc2C1=O. The minimum Gasteiger partial charge on any atom is -0.462 e. The van der Waals surface area contributed by atoms with Crippen molar-refractivity contribution in [2.45, 2.75) is 13.3 Å². The van der Waals surface area contributed by atoms with Gasteiger partial charge < -0.3 is 4.74 Å². The second-order valence-corrected chi connectivity index (χ2v) is 6.73. The Morgan fingerprint density at radius 1 is 1.17 bits per heavy atom. The highest BCUT2D eigenvalue weighted by Crippen LogP contribution is 2.23. The van der Waals surface area contributed by atoms with Gasteiger partial charge in [0.1, 0.15) is 0 Å². The molecule has 0 unspecified atom stereocenters. The molecule has 1 aliphatic heterocycles. The second-order valence-electron chi connectivity index (χ2n) is 5.06. The molecule has 0 atom stereocenters. The third-order valence-corrected chi connectivity index (χ3v) is 4.23. The van der Waals surface area contributed by atoms with Crippen molar-refractivity contribution < 1.29 is 31.8 Å². The van der Waals surface area contributed by atoms with E-state index in [2.05, 4.69) is 10.9 Å². The zero-order chi connectivity index (χ0) is 17.9. The van der Waals surface area contributed by atoms with Gasteiger partial charge in [0, 0.05) is 5.57 Å². The first-order valence-electron chi connectivity index (χ1n) is 6.95. The van der Waals surface area contributed by atoms with Crippen molar-refractivity contribution in [2.75, 3.05) is 12.4 Å². The summed E-state index contributed by atoms with van der Waals surface area (Å²) in [6.07, 6.45) is -0.0511. The number of benzene rings is 1. The molecule has 0 saturated heterocycles. The summed E-state index contributed by atoms with van der Waals surface area (Å²) in [5, 5.41) is 0.222. The molecule has 0 aliphatic carbocycles. The molecule has 128 valence electrons. The van der Waals surface area contributed by atoms with E-state index in [1.165, 1.54) is 19.1 Å². The van der Waals surface area contributed by atoms with E-state index in [9.17, 15) is 22.8 Å². The summed E-state index contributed by atoms with van der Waals surface area (Å²) in [5.41, 5.74) is 0.348. The first-order chi connectivity index (χ1) is 11.2. The van der Waals surface area contributed by atoms with E-state index < -0.39 is 33.7 Å². The molecule has 1 aliphatic rings.